The Morgan fingerprint density at radius 1 is 1.19 bits per heavy atom. The number of thiazole rings is 1. The Kier molecular flexibility index (Phi) is 4.87. The summed E-state index contributed by atoms with van der Waals surface area (Å²) in [5.74, 6) is -1.30. The molecule has 0 aliphatic rings. The zero-order valence-corrected chi connectivity index (χ0v) is 15.0. The van der Waals surface area contributed by atoms with Gasteiger partial charge in [-0.15, -0.1) is 0 Å². The average Bonchev–Trinajstić information content (AvgIpc) is 3.04. The van der Waals surface area contributed by atoms with Crippen LogP contribution in [0.15, 0.2) is 18.5 Å². The van der Waals surface area contributed by atoms with E-state index in [-0.39, 0.29) is 10.8 Å². The summed E-state index contributed by atoms with van der Waals surface area (Å²) in [6.07, 6.45) is 2.42. The van der Waals surface area contributed by atoms with E-state index in [1.165, 1.54) is 26.6 Å². The second kappa shape index (κ2) is 7.10. The maximum atomic E-state index is 12.4. The molecule has 0 fully saturated rings. The van der Waals surface area contributed by atoms with E-state index >= 15 is 0 Å². The number of hydrogen-bond acceptors (Lipinski definition) is 8. The third kappa shape index (κ3) is 3.11. The number of methoxy groups -OCH3 is 2. The summed E-state index contributed by atoms with van der Waals surface area (Å²) in [5.41, 5.74) is -0.327. The maximum Gasteiger partial charge on any atom is 0.356 e. The second-order valence-corrected chi connectivity index (χ2v) is 6.21. The number of halogens is 1. The van der Waals surface area contributed by atoms with Crippen molar-refractivity contribution in [2.24, 2.45) is 0 Å². The number of carbonyl (C=O) groups is 2. The number of amides is 1. The second-order valence-electron chi connectivity index (χ2n) is 4.80. The number of carboxylic acids is 1. The SMILES string of the molecule is COc1cc(Cl)c(OC)c2sc(NC(=O)c3nccnc3C(=O)O)nc12. The van der Waals surface area contributed by atoms with Crippen molar-refractivity contribution >= 4 is 50.2 Å². The van der Waals surface area contributed by atoms with E-state index in [1.807, 2.05) is 0 Å². The number of aromatic nitrogens is 3. The number of hydrogen-bond donors (Lipinski definition) is 2. The minimum absolute atomic E-state index is 0.200. The van der Waals surface area contributed by atoms with E-state index in [9.17, 15) is 9.59 Å². The van der Waals surface area contributed by atoms with Crippen LogP contribution >= 0.6 is 22.9 Å². The zero-order valence-electron chi connectivity index (χ0n) is 13.4. The van der Waals surface area contributed by atoms with Crippen LogP contribution in [0.5, 0.6) is 11.5 Å². The molecule has 1 amide bonds. The fraction of sp³-hybridized carbons (Fsp3) is 0.133. The standard InChI is InChI=1S/C15H11ClN4O5S/c1-24-7-5-6(16)11(25-2)12-8(7)19-15(26-12)20-13(21)9-10(14(22)23)18-4-3-17-9/h3-5H,1-2H3,(H,22,23)(H,19,20,21). The highest BCUT2D eigenvalue weighted by Gasteiger charge is 2.22. The van der Waals surface area contributed by atoms with Crippen LogP contribution in [-0.4, -0.2) is 46.2 Å². The molecule has 0 aliphatic heterocycles. The summed E-state index contributed by atoms with van der Waals surface area (Å²) < 4.78 is 11.1. The van der Waals surface area contributed by atoms with Gasteiger partial charge in [0, 0.05) is 18.5 Å². The van der Waals surface area contributed by atoms with Gasteiger partial charge in [-0.25, -0.2) is 19.7 Å². The van der Waals surface area contributed by atoms with Crippen LogP contribution in [0.2, 0.25) is 5.02 Å². The van der Waals surface area contributed by atoms with Crippen molar-refractivity contribution in [3.05, 3.63) is 34.9 Å². The van der Waals surface area contributed by atoms with E-state index in [0.29, 0.717) is 26.7 Å². The fourth-order valence-electron chi connectivity index (χ4n) is 2.21. The summed E-state index contributed by atoms with van der Waals surface area (Å²) >= 11 is 7.26. The summed E-state index contributed by atoms with van der Waals surface area (Å²) in [7, 11) is 2.93. The molecule has 0 aliphatic carbocycles. The topological polar surface area (TPSA) is 124 Å². The number of fused-ring (bicyclic) bond motifs is 1. The van der Waals surface area contributed by atoms with Crippen molar-refractivity contribution in [2.75, 3.05) is 19.5 Å². The first-order valence-electron chi connectivity index (χ1n) is 7.03. The highest BCUT2D eigenvalue weighted by Crippen LogP contribution is 2.43. The van der Waals surface area contributed by atoms with Crippen LogP contribution in [0.4, 0.5) is 5.13 Å². The van der Waals surface area contributed by atoms with Gasteiger partial charge in [0.1, 0.15) is 16.0 Å². The number of anilines is 1. The van der Waals surface area contributed by atoms with E-state index < -0.39 is 17.6 Å². The molecular formula is C15H11ClN4O5S. The van der Waals surface area contributed by atoms with Gasteiger partial charge >= 0.3 is 5.97 Å². The van der Waals surface area contributed by atoms with Crippen LogP contribution in [0.3, 0.4) is 0 Å². The first kappa shape index (κ1) is 17.8. The Hall–Kier alpha value is -2.98. The Bertz CT molecular complexity index is 1020. The molecule has 0 bridgehead atoms. The quantitative estimate of drug-likeness (QED) is 0.676. The van der Waals surface area contributed by atoms with Crippen molar-refractivity contribution in [3.63, 3.8) is 0 Å². The molecule has 0 saturated heterocycles. The van der Waals surface area contributed by atoms with Crippen molar-refractivity contribution in [2.45, 2.75) is 0 Å². The molecule has 1 aromatic carbocycles. The van der Waals surface area contributed by atoms with Crippen LogP contribution in [0, 0.1) is 0 Å². The van der Waals surface area contributed by atoms with Gasteiger partial charge in [0.25, 0.3) is 5.91 Å². The first-order valence-corrected chi connectivity index (χ1v) is 8.22. The Labute approximate surface area is 155 Å². The summed E-state index contributed by atoms with van der Waals surface area (Å²) in [6.45, 7) is 0. The van der Waals surface area contributed by atoms with Gasteiger partial charge in [-0.3, -0.25) is 10.1 Å². The molecule has 0 radical (unpaired) electrons. The molecular weight excluding hydrogens is 384 g/mol. The van der Waals surface area contributed by atoms with Crippen molar-refractivity contribution in [1.29, 1.82) is 0 Å². The zero-order chi connectivity index (χ0) is 18.8. The molecule has 11 heteroatoms. The smallest absolute Gasteiger partial charge is 0.356 e. The van der Waals surface area contributed by atoms with Gasteiger partial charge in [-0.2, -0.15) is 0 Å². The minimum atomic E-state index is -1.36. The fourth-order valence-corrected chi connectivity index (χ4v) is 3.54. The monoisotopic (exact) mass is 394 g/mol. The Balaban J connectivity index is 2.02. The summed E-state index contributed by atoms with van der Waals surface area (Å²) in [4.78, 5) is 35.3. The largest absolute Gasteiger partial charge is 0.494 e. The van der Waals surface area contributed by atoms with Crippen molar-refractivity contribution < 1.29 is 24.2 Å². The van der Waals surface area contributed by atoms with Crippen molar-refractivity contribution in [1.82, 2.24) is 15.0 Å². The molecule has 9 nitrogen and oxygen atoms in total. The molecule has 0 unspecified atom stereocenters. The van der Waals surface area contributed by atoms with Gasteiger partial charge in [0.2, 0.25) is 0 Å². The number of carbonyl (C=O) groups excluding carboxylic acids is 1. The van der Waals surface area contributed by atoms with Gasteiger partial charge in [-0.05, 0) is 0 Å². The molecule has 0 spiro atoms. The molecule has 2 N–H and O–H groups in total. The van der Waals surface area contributed by atoms with E-state index in [2.05, 4.69) is 20.3 Å². The molecule has 0 atom stereocenters. The highest BCUT2D eigenvalue weighted by molar-refractivity contribution is 7.22. The predicted molar refractivity (Wildman–Crippen MR) is 94.7 cm³/mol. The van der Waals surface area contributed by atoms with Gasteiger partial charge < -0.3 is 14.6 Å². The van der Waals surface area contributed by atoms with Crippen LogP contribution < -0.4 is 14.8 Å². The number of nitrogens with zero attached hydrogens (tertiary/aromatic N) is 3. The average molecular weight is 395 g/mol. The molecule has 26 heavy (non-hydrogen) atoms. The van der Waals surface area contributed by atoms with E-state index in [1.54, 1.807) is 6.07 Å². The van der Waals surface area contributed by atoms with Crippen LogP contribution in [0.25, 0.3) is 10.2 Å². The first-order chi connectivity index (χ1) is 12.5. The lowest BCUT2D eigenvalue weighted by atomic mass is 10.3. The van der Waals surface area contributed by atoms with Gasteiger partial charge in [-0.1, -0.05) is 22.9 Å². The minimum Gasteiger partial charge on any atom is -0.494 e. The highest BCUT2D eigenvalue weighted by atomic mass is 35.5. The number of ether oxygens (including phenoxy) is 2. The molecule has 134 valence electrons. The lowest BCUT2D eigenvalue weighted by molar-refractivity contribution is 0.0685. The molecule has 3 rings (SSSR count). The lowest BCUT2D eigenvalue weighted by Crippen LogP contribution is -2.19. The number of carboxylic acid groups (broad SMARTS) is 1. The van der Waals surface area contributed by atoms with E-state index in [0.717, 1.165) is 11.3 Å². The third-order valence-corrected chi connectivity index (χ3v) is 4.55. The Morgan fingerprint density at radius 2 is 1.88 bits per heavy atom. The van der Waals surface area contributed by atoms with Crippen molar-refractivity contribution in [3.8, 4) is 11.5 Å². The lowest BCUT2D eigenvalue weighted by Gasteiger charge is -2.06. The number of aromatic carboxylic acids is 1. The summed E-state index contributed by atoms with van der Waals surface area (Å²) in [6, 6.07) is 1.55. The predicted octanol–water partition coefficient (Wildman–Crippen LogP) is 2.71. The number of nitrogens with one attached hydrogen (secondary N) is 1. The number of benzene rings is 1. The van der Waals surface area contributed by atoms with E-state index in [4.69, 9.17) is 26.2 Å². The molecule has 2 aromatic heterocycles. The van der Waals surface area contributed by atoms with Gasteiger partial charge in [0.05, 0.1) is 19.2 Å². The Morgan fingerprint density at radius 3 is 2.50 bits per heavy atom. The van der Waals surface area contributed by atoms with Crippen LogP contribution in [-0.2, 0) is 0 Å². The normalized spacial score (nSPS) is 10.6. The molecule has 3 aromatic rings. The van der Waals surface area contributed by atoms with Gasteiger partial charge in [0.15, 0.2) is 22.3 Å². The molecule has 0 saturated carbocycles. The third-order valence-electron chi connectivity index (χ3n) is 3.30. The number of rotatable bonds is 5. The van der Waals surface area contributed by atoms with Crippen LogP contribution in [0.1, 0.15) is 21.0 Å². The maximum absolute atomic E-state index is 12.4. The molecule has 2 heterocycles. The summed E-state index contributed by atoms with van der Waals surface area (Å²) in [5, 5.41) is 12.2.